The Morgan fingerprint density at radius 1 is 1.29 bits per heavy atom. The van der Waals surface area contributed by atoms with Crippen molar-refractivity contribution in [2.75, 3.05) is 18.4 Å². The Hall–Kier alpha value is -1.60. The molecule has 1 aliphatic heterocycles. The molecule has 0 saturated carbocycles. The first-order chi connectivity index (χ1) is 11.0. The minimum Gasteiger partial charge on any atom is -0.380 e. The van der Waals surface area contributed by atoms with Gasteiger partial charge in [0.05, 0.1) is 6.04 Å². The van der Waals surface area contributed by atoms with Gasteiger partial charge in [0, 0.05) is 18.8 Å². The van der Waals surface area contributed by atoms with Crippen LogP contribution in [0.25, 0.3) is 0 Å². The van der Waals surface area contributed by atoms with Gasteiger partial charge in [0.2, 0.25) is 5.91 Å². The van der Waals surface area contributed by atoms with Crippen LogP contribution in [0.1, 0.15) is 30.9 Å². The van der Waals surface area contributed by atoms with Gasteiger partial charge in [-0.25, -0.2) is 0 Å². The summed E-state index contributed by atoms with van der Waals surface area (Å²) >= 11 is 0. The van der Waals surface area contributed by atoms with Crippen LogP contribution in [0.2, 0.25) is 0 Å². The van der Waals surface area contributed by atoms with Gasteiger partial charge in [0.25, 0.3) is 0 Å². The highest BCUT2D eigenvalue weighted by atomic mass is 19.4. The van der Waals surface area contributed by atoms with E-state index in [2.05, 4.69) is 5.32 Å². The van der Waals surface area contributed by atoms with Gasteiger partial charge in [-0.1, -0.05) is 12.1 Å². The van der Waals surface area contributed by atoms with Crippen molar-refractivity contribution >= 4 is 11.6 Å². The molecule has 1 heterocycles. The number of rotatable bonds is 3. The van der Waals surface area contributed by atoms with E-state index in [1.54, 1.807) is 17.9 Å². The number of aryl methyl sites for hydroxylation is 1. The summed E-state index contributed by atoms with van der Waals surface area (Å²) in [5.74, 6) is -0.263. The molecular weight excluding hydrogens is 321 g/mol. The molecule has 7 heteroatoms. The number of halogens is 3. The Balaban J connectivity index is 1.99. The van der Waals surface area contributed by atoms with Gasteiger partial charge in [-0.15, -0.1) is 0 Å². The van der Waals surface area contributed by atoms with Gasteiger partial charge in [0.15, 0.2) is 5.60 Å². The van der Waals surface area contributed by atoms with Crippen molar-refractivity contribution in [2.45, 2.75) is 51.4 Å². The van der Waals surface area contributed by atoms with E-state index in [1.807, 2.05) is 26.0 Å². The molecule has 0 radical (unpaired) electrons. The largest absolute Gasteiger partial charge is 0.417 e. The molecule has 0 aromatic heterocycles. The number of hydrogen-bond donors (Lipinski definition) is 2. The number of aliphatic hydroxyl groups is 1. The maximum Gasteiger partial charge on any atom is 0.417 e. The molecule has 24 heavy (non-hydrogen) atoms. The SMILES string of the molecule is Cc1cccc(NC(=O)C(C)N2CCC(O)(C(F)(F)F)CC2)c1C. The van der Waals surface area contributed by atoms with Crippen molar-refractivity contribution in [1.82, 2.24) is 4.90 Å². The summed E-state index contributed by atoms with van der Waals surface area (Å²) in [6.45, 7) is 5.56. The Kier molecular flexibility index (Phi) is 5.25. The number of hydrogen-bond acceptors (Lipinski definition) is 3. The topological polar surface area (TPSA) is 52.6 Å². The Morgan fingerprint density at radius 3 is 2.42 bits per heavy atom. The molecule has 1 aliphatic rings. The lowest BCUT2D eigenvalue weighted by atomic mass is 9.90. The quantitative estimate of drug-likeness (QED) is 0.886. The van der Waals surface area contributed by atoms with E-state index in [0.29, 0.717) is 5.69 Å². The fraction of sp³-hybridized carbons (Fsp3) is 0.588. The van der Waals surface area contributed by atoms with Gasteiger partial charge >= 0.3 is 6.18 Å². The molecule has 0 bridgehead atoms. The highest BCUT2D eigenvalue weighted by Crippen LogP contribution is 2.38. The monoisotopic (exact) mass is 344 g/mol. The summed E-state index contributed by atoms with van der Waals surface area (Å²) in [4.78, 5) is 14.1. The standard InChI is InChI=1S/C17H23F3N2O2/c1-11-5-4-6-14(12(11)2)21-15(23)13(3)22-9-7-16(24,8-10-22)17(18,19)20/h4-6,13,24H,7-10H2,1-3H3,(H,21,23). The Labute approximate surface area is 139 Å². The van der Waals surface area contributed by atoms with E-state index in [1.165, 1.54) is 0 Å². The highest BCUT2D eigenvalue weighted by molar-refractivity contribution is 5.95. The van der Waals surface area contributed by atoms with E-state index in [-0.39, 0.29) is 19.0 Å². The number of benzene rings is 1. The number of piperidine rings is 1. The predicted molar refractivity (Wildman–Crippen MR) is 85.8 cm³/mol. The highest BCUT2D eigenvalue weighted by Gasteiger charge is 2.54. The smallest absolute Gasteiger partial charge is 0.380 e. The Morgan fingerprint density at radius 2 is 1.88 bits per heavy atom. The summed E-state index contributed by atoms with van der Waals surface area (Å²) < 4.78 is 38.5. The van der Waals surface area contributed by atoms with E-state index in [0.717, 1.165) is 11.1 Å². The first kappa shape index (κ1) is 18.7. The molecule has 1 atom stereocenters. The normalized spacial score (nSPS) is 19.8. The van der Waals surface area contributed by atoms with Crippen molar-refractivity contribution in [2.24, 2.45) is 0 Å². The zero-order valence-electron chi connectivity index (χ0n) is 14.1. The van der Waals surface area contributed by atoms with Crippen LogP contribution in [-0.2, 0) is 4.79 Å². The molecular formula is C17H23F3N2O2. The molecule has 1 fully saturated rings. The molecule has 2 N–H and O–H groups in total. The number of alkyl halides is 3. The van der Waals surface area contributed by atoms with Crippen molar-refractivity contribution < 1.29 is 23.1 Å². The lowest BCUT2D eigenvalue weighted by molar-refractivity contribution is -0.273. The summed E-state index contributed by atoms with van der Waals surface area (Å²) in [5.41, 5.74) is 0.0692. The Bertz CT molecular complexity index is 608. The van der Waals surface area contributed by atoms with Crippen LogP contribution in [0.5, 0.6) is 0 Å². The predicted octanol–water partition coefficient (Wildman–Crippen LogP) is 3.02. The summed E-state index contributed by atoms with van der Waals surface area (Å²) in [7, 11) is 0. The molecule has 134 valence electrons. The second-order valence-corrected chi connectivity index (χ2v) is 6.48. The maximum atomic E-state index is 12.8. The lowest BCUT2D eigenvalue weighted by Crippen LogP contribution is -2.56. The fourth-order valence-corrected chi connectivity index (χ4v) is 2.85. The van der Waals surface area contributed by atoms with Crippen LogP contribution in [-0.4, -0.2) is 46.8 Å². The third-order valence-corrected chi connectivity index (χ3v) is 4.94. The second kappa shape index (κ2) is 6.72. The van der Waals surface area contributed by atoms with Crippen molar-refractivity contribution in [3.05, 3.63) is 29.3 Å². The molecule has 1 aromatic carbocycles. The summed E-state index contributed by atoms with van der Waals surface area (Å²) in [6.07, 6.45) is -5.47. The van der Waals surface area contributed by atoms with Crippen LogP contribution in [0, 0.1) is 13.8 Å². The second-order valence-electron chi connectivity index (χ2n) is 6.48. The van der Waals surface area contributed by atoms with Gasteiger partial charge in [-0.3, -0.25) is 9.69 Å². The number of nitrogens with zero attached hydrogens (tertiary/aromatic N) is 1. The maximum absolute atomic E-state index is 12.8. The molecule has 2 rings (SSSR count). The van der Waals surface area contributed by atoms with Crippen LogP contribution in [0.3, 0.4) is 0 Å². The zero-order valence-corrected chi connectivity index (χ0v) is 14.1. The first-order valence-electron chi connectivity index (χ1n) is 7.95. The number of amides is 1. The van der Waals surface area contributed by atoms with Gasteiger partial charge in [0.1, 0.15) is 0 Å². The molecule has 1 unspecified atom stereocenters. The number of nitrogens with one attached hydrogen (secondary N) is 1. The van der Waals surface area contributed by atoms with Crippen molar-refractivity contribution in [3.63, 3.8) is 0 Å². The third-order valence-electron chi connectivity index (χ3n) is 4.94. The van der Waals surface area contributed by atoms with Crippen LogP contribution < -0.4 is 5.32 Å². The van der Waals surface area contributed by atoms with E-state index in [4.69, 9.17) is 0 Å². The molecule has 0 aliphatic carbocycles. The van der Waals surface area contributed by atoms with Crippen LogP contribution >= 0.6 is 0 Å². The van der Waals surface area contributed by atoms with Gasteiger partial charge in [-0.05, 0) is 50.8 Å². The minimum atomic E-state index is -4.64. The number of carbonyl (C=O) groups is 1. The molecule has 0 spiro atoms. The van der Waals surface area contributed by atoms with E-state index < -0.39 is 30.7 Å². The van der Waals surface area contributed by atoms with Crippen molar-refractivity contribution in [1.29, 1.82) is 0 Å². The number of anilines is 1. The van der Waals surface area contributed by atoms with Crippen LogP contribution in [0.4, 0.5) is 18.9 Å². The zero-order chi connectivity index (χ0) is 18.1. The summed E-state index contributed by atoms with van der Waals surface area (Å²) in [5, 5.41) is 12.5. The number of likely N-dealkylation sites (tertiary alicyclic amines) is 1. The van der Waals surface area contributed by atoms with Crippen LogP contribution in [0.15, 0.2) is 18.2 Å². The van der Waals surface area contributed by atoms with Gasteiger partial charge < -0.3 is 10.4 Å². The first-order valence-corrected chi connectivity index (χ1v) is 7.95. The number of carbonyl (C=O) groups excluding carboxylic acids is 1. The molecule has 1 saturated heterocycles. The lowest BCUT2D eigenvalue weighted by Gasteiger charge is -2.40. The third kappa shape index (κ3) is 3.72. The van der Waals surface area contributed by atoms with E-state index >= 15 is 0 Å². The fourth-order valence-electron chi connectivity index (χ4n) is 2.85. The average molecular weight is 344 g/mol. The van der Waals surface area contributed by atoms with Crippen molar-refractivity contribution in [3.8, 4) is 0 Å². The molecule has 1 amide bonds. The summed E-state index contributed by atoms with van der Waals surface area (Å²) in [6, 6.07) is 5.01. The molecule has 1 aromatic rings. The average Bonchev–Trinajstić information content (AvgIpc) is 2.51. The van der Waals surface area contributed by atoms with E-state index in [9.17, 15) is 23.1 Å². The minimum absolute atomic E-state index is 0.0252. The molecule has 4 nitrogen and oxygen atoms in total. The van der Waals surface area contributed by atoms with Gasteiger partial charge in [-0.2, -0.15) is 13.2 Å².